The van der Waals surface area contributed by atoms with Crippen LogP contribution in [0.25, 0.3) is 0 Å². The Bertz CT molecular complexity index is 968. The molecule has 1 atom stereocenters. The fraction of sp³-hybridized carbons (Fsp3) is 0.526. The average molecular weight is 435 g/mol. The lowest BCUT2D eigenvalue weighted by molar-refractivity contribution is -0.119. The quantitative estimate of drug-likeness (QED) is 0.760. The van der Waals surface area contributed by atoms with Crippen molar-refractivity contribution in [3.05, 3.63) is 29.6 Å². The molecular formula is C19H23F2N7O3. The zero-order valence-electron chi connectivity index (χ0n) is 17.2. The van der Waals surface area contributed by atoms with Crippen LogP contribution in [0.15, 0.2) is 12.1 Å². The molecule has 166 valence electrons. The smallest absolute Gasteiger partial charge is 0.414 e. The van der Waals surface area contributed by atoms with Crippen LogP contribution in [0, 0.1) is 18.6 Å². The molecule has 4 rings (SSSR count). The fourth-order valence-electron chi connectivity index (χ4n) is 4.02. The Balaban J connectivity index is 1.45. The standard InChI is InChI=1S/C19H23F2N7O3/c1-11-23-24-25-28(11)13-3-5-26(6-4-13)18-16(20)7-14(8-17(18)21)27-10-15(31-19(27)30)9-22-12(2)29/h7-8,13,15H,3-6,9-10H2,1-2H3,(H,22,29). The zero-order valence-corrected chi connectivity index (χ0v) is 17.2. The highest BCUT2D eigenvalue weighted by Crippen LogP contribution is 2.34. The summed E-state index contributed by atoms with van der Waals surface area (Å²) in [5, 5.41) is 14.1. The highest BCUT2D eigenvalue weighted by molar-refractivity contribution is 5.90. The van der Waals surface area contributed by atoms with Gasteiger partial charge in [-0.05, 0) is 30.2 Å². The van der Waals surface area contributed by atoms with E-state index in [-0.39, 0.29) is 36.4 Å². The van der Waals surface area contributed by atoms with Crippen molar-refractivity contribution in [3.8, 4) is 0 Å². The van der Waals surface area contributed by atoms with E-state index in [0.29, 0.717) is 31.8 Å². The predicted octanol–water partition coefficient (Wildman–Crippen LogP) is 1.56. The number of carbonyl (C=O) groups excluding carboxylic acids is 2. The molecule has 0 bridgehead atoms. The van der Waals surface area contributed by atoms with Crippen LogP contribution in [0.5, 0.6) is 0 Å². The van der Waals surface area contributed by atoms with Crippen molar-refractivity contribution in [2.24, 2.45) is 0 Å². The van der Waals surface area contributed by atoms with Crippen molar-refractivity contribution < 1.29 is 23.1 Å². The molecule has 1 aromatic carbocycles. The number of carbonyl (C=O) groups is 2. The molecule has 2 aliphatic heterocycles. The number of hydrogen-bond acceptors (Lipinski definition) is 7. The minimum absolute atomic E-state index is 0.0771. The van der Waals surface area contributed by atoms with Crippen LogP contribution >= 0.6 is 0 Å². The lowest BCUT2D eigenvalue weighted by Gasteiger charge is -2.34. The molecule has 10 nitrogen and oxygen atoms in total. The lowest BCUT2D eigenvalue weighted by atomic mass is 10.0. The van der Waals surface area contributed by atoms with E-state index < -0.39 is 23.8 Å². The van der Waals surface area contributed by atoms with Crippen molar-refractivity contribution in [2.45, 2.75) is 38.8 Å². The number of cyclic esters (lactones) is 1. The molecule has 1 aromatic heterocycles. The summed E-state index contributed by atoms with van der Waals surface area (Å²) in [6.07, 6.45) is 0.00136. The molecule has 2 amide bonds. The third kappa shape index (κ3) is 4.28. The topological polar surface area (TPSA) is 105 Å². The van der Waals surface area contributed by atoms with Gasteiger partial charge in [0.05, 0.1) is 24.8 Å². The van der Waals surface area contributed by atoms with Gasteiger partial charge >= 0.3 is 6.09 Å². The summed E-state index contributed by atoms with van der Waals surface area (Å²) in [6.45, 7) is 4.28. The summed E-state index contributed by atoms with van der Waals surface area (Å²) in [6, 6.07) is 2.35. The minimum atomic E-state index is -0.745. The van der Waals surface area contributed by atoms with Crippen LogP contribution in [-0.4, -0.2) is 64.5 Å². The molecule has 3 heterocycles. The molecule has 0 saturated carbocycles. The van der Waals surface area contributed by atoms with Crippen LogP contribution in [0.1, 0.15) is 31.6 Å². The Kier molecular flexibility index (Phi) is 5.70. The summed E-state index contributed by atoms with van der Waals surface area (Å²) in [4.78, 5) is 26.0. The van der Waals surface area contributed by atoms with Crippen molar-refractivity contribution in [1.82, 2.24) is 25.5 Å². The molecule has 2 aromatic rings. The lowest BCUT2D eigenvalue weighted by Crippen LogP contribution is -2.36. The van der Waals surface area contributed by atoms with E-state index in [1.807, 2.05) is 6.92 Å². The maximum absolute atomic E-state index is 14.9. The first-order chi connectivity index (χ1) is 14.8. The second-order valence-electron chi connectivity index (χ2n) is 7.70. The fourth-order valence-corrected chi connectivity index (χ4v) is 4.02. The summed E-state index contributed by atoms with van der Waals surface area (Å²) in [5.74, 6) is -1.04. The molecule has 0 aliphatic carbocycles. The van der Waals surface area contributed by atoms with Gasteiger partial charge in [0.1, 0.15) is 17.6 Å². The van der Waals surface area contributed by atoms with E-state index in [2.05, 4.69) is 20.8 Å². The molecule has 31 heavy (non-hydrogen) atoms. The normalized spacial score (nSPS) is 19.6. The van der Waals surface area contributed by atoms with Gasteiger partial charge in [0.2, 0.25) is 5.91 Å². The van der Waals surface area contributed by atoms with Gasteiger partial charge in [-0.25, -0.2) is 18.3 Å². The van der Waals surface area contributed by atoms with Crippen LogP contribution in [0.4, 0.5) is 25.0 Å². The zero-order chi connectivity index (χ0) is 22.1. The minimum Gasteiger partial charge on any atom is -0.442 e. The Morgan fingerprint density at radius 3 is 2.52 bits per heavy atom. The van der Waals surface area contributed by atoms with Crippen molar-refractivity contribution in [2.75, 3.05) is 36.0 Å². The Hall–Kier alpha value is -3.31. The molecule has 2 saturated heterocycles. The van der Waals surface area contributed by atoms with E-state index >= 15 is 0 Å². The second-order valence-corrected chi connectivity index (χ2v) is 7.70. The molecule has 2 aliphatic rings. The summed E-state index contributed by atoms with van der Waals surface area (Å²) < 4.78 is 36.7. The molecule has 0 radical (unpaired) electrons. The van der Waals surface area contributed by atoms with Gasteiger partial charge in [-0.15, -0.1) is 5.10 Å². The monoisotopic (exact) mass is 435 g/mol. The molecule has 1 unspecified atom stereocenters. The first-order valence-corrected chi connectivity index (χ1v) is 10.0. The molecule has 12 heteroatoms. The number of nitrogens with zero attached hydrogens (tertiary/aromatic N) is 6. The number of tetrazole rings is 1. The predicted molar refractivity (Wildman–Crippen MR) is 106 cm³/mol. The number of aromatic nitrogens is 4. The number of anilines is 2. The van der Waals surface area contributed by atoms with Crippen molar-refractivity contribution in [3.63, 3.8) is 0 Å². The van der Waals surface area contributed by atoms with Crippen LogP contribution in [0.3, 0.4) is 0 Å². The number of benzene rings is 1. The number of amides is 2. The van der Waals surface area contributed by atoms with Crippen molar-refractivity contribution in [1.29, 1.82) is 0 Å². The summed E-state index contributed by atoms with van der Waals surface area (Å²) >= 11 is 0. The number of halogens is 2. The van der Waals surface area contributed by atoms with E-state index in [4.69, 9.17) is 4.74 Å². The van der Waals surface area contributed by atoms with Crippen LogP contribution in [0.2, 0.25) is 0 Å². The van der Waals surface area contributed by atoms with Gasteiger partial charge in [-0.3, -0.25) is 9.69 Å². The number of piperidine rings is 1. The molecule has 1 N–H and O–H groups in total. The van der Waals surface area contributed by atoms with Gasteiger partial charge < -0.3 is 15.0 Å². The number of aryl methyl sites for hydroxylation is 1. The number of ether oxygens (including phenoxy) is 1. The van der Waals surface area contributed by atoms with E-state index in [1.165, 1.54) is 6.92 Å². The van der Waals surface area contributed by atoms with E-state index in [9.17, 15) is 18.4 Å². The molecule has 2 fully saturated rings. The number of nitrogens with one attached hydrogen (secondary N) is 1. The first-order valence-electron chi connectivity index (χ1n) is 10.0. The highest BCUT2D eigenvalue weighted by atomic mass is 19.1. The number of rotatable bonds is 5. The van der Waals surface area contributed by atoms with Gasteiger partial charge in [-0.2, -0.15) is 0 Å². The van der Waals surface area contributed by atoms with Gasteiger partial charge in [0.15, 0.2) is 11.6 Å². The third-order valence-corrected chi connectivity index (χ3v) is 5.55. The molecular weight excluding hydrogens is 412 g/mol. The maximum atomic E-state index is 14.9. The summed E-state index contributed by atoms with van der Waals surface area (Å²) in [7, 11) is 0. The largest absolute Gasteiger partial charge is 0.442 e. The SMILES string of the molecule is CC(=O)NCC1CN(c2cc(F)c(N3CCC(n4nnnc4C)CC3)c(F)c2)C(=O)O1. The van der Waals surface area contributed by atoms with E-state index in [1.54, 1.807) is 9.58 Å². The second kappa shape index (κ2) is 8.44. The van der Waals surface area contributed by atoms with Crippen molar-refractivity contribution >= 4 is 23.4 Å². The maximum Gasteiger partial charge on any atom is 0.414 e. The molecule has 0 spiro atoms. The van der Waals surface area contributed by atoms with E-state index in [0.717, 1.165) is 17.0 Å². The Labute approximate surface area is 177 Å². The first kappa shape index (κ1) is 20.9. The number of hydrogen-bond donors (Lipinski definition) is 1. The van der Waals surface area contributed by atoms with Crippen LogP contribution < -0.4 is 15.1 Å². The average Bonchev–Trinajstić information content (AvgIpc) is 3.31. The van der Waals surface area contributed by atoms with Crippen LogP contribution in [-0.2, 0) is 9.53 Å². The Morgan fingerprint density at radius 1 is 1.26 bits per heavy atom. The summed E-state index contributed by atoms with van der Waals surface area (Å²) in [5.41, 5.74) is -0.0359. The van der Waals surface area contributed by atoms with Gasteiger partial charge in [-0.1, -0.05) is 0 Å². The van der Waals surface area contributed by atoms with Gasteiger partial charge in [0, 0.05) is 32.1 Å². The van der Waals surface area contributed by atoms with Gasteiger partial charge in [0.25, 0.3) is 0 Å². The highest BCUT2D eigenvalue weighted by Gasteiger charge is 2.34. The Morgan fingerprint density at radius 2 is 1.94 bits per heavy atom. The third-order valence-electron chi connectivity index (χ3n) is 5.55.